The molecule has 2 heteroatoms. The van der Waals surface area contributed by atoms with Crippen molar-refractivity contribution in [2.24, 2.45) is 0 Å². The Hall–Kier alpha value is -0.860. The molecule has 0 saturated heterocycles. The minimum absolute atomic E-state index is 0.208. The fourth-order valence-corrected chi connectivity index (χ4v) is 1.86. The van der Waals surface area contributed by atoms with Gasteiger partial charge in [-0.05, 0) is 39.3 Å². The Kier molecular flexibility index (Phi) is 5.66. The van der Waals surface area contributed by atoms with E-state index in [-0.39, 0.29) is 6.10 Å². The summed E-state index contributed by atoms with van der Waals surface area (Å²) in [5.74, 6) is 0. The zero-order chi connectivity index (χ0) is 12.8. The van der Waals surface area contributed by atoms with Gasteiger partial charge in [-0.25, -0.2) is 0 Å². The van der Waals surface area contributed by atoms with Gasteiger partial charge in [0, 0.05) is 12.6 Å². The van der Waals surface area contributed by atoms with E-state index in [1.807, 2.05) is 6.92 Å². The molecule has 0 saturated carbocycles. The van der Waals surface area contributed by atoms with Crippen LogP contribution in [0.5, 0.6) is 0 Å². The Bertz CT molecular complexity index is 320. The molecule has 0 radical (unpaired) electrons. The zero-order valence-corrected chi connectivity index (χ0v) is 11.5. The highest BCUT2D eigenvalue weighted by atomic mass is 16.3. The number of aliphatic hydroxyl groups excluding tert-OH is 1. The van der Waals surface area contributed by atoms with Crippen molar-refractivity contribution >= 4 is 0 Å². The van der Waals surface area contributed by atoms with Gasteiger partial charge in [0.05, 0.1) is 6.10 Å². The lowest BCUT2D eigenvalue weighted by Crippen LogP contribution is -2.36. The van der Waals surface area contributed by atoms with Crippen LogP contribution in [0.25, 0.3) is 0 Å². The normalized spacial score (nSPS) is 14.9. The van der Waals surface area contributed by atoms with Crippen molar-refractivity contribution in [2.75, 3.05) is 13.6 Å². The topological polar surface area (TPSA) is 23.5 Å². The zero-order valence-electron chi connectivity index (χ0n) is 11.5. The number of rotatable bonds is 6. The molecule has 1 aromatic rings. The molecule has 0 aliphatic carbocycles. The minimum atomic E-state index is -0.208. The summed E-state index contributed by atoms with van der Waals surface area (Å²) < 4.78 is 0. The van der Waals surface area contributed by atoms with E-state index in [0.717, 1.165) is 19.4 Å². The standard InChI is InChI=1S/C15H25NO/c1-5-15(17)11-16(4)13(3)10-14-8-6-12(2)7-9-14/h6-9,13,15,17H,5,10-11H2,1-4H3. The molecule has 2 atom stereocenters. The van der Waals surface area contributed by atoms with Crippen LogP contribution in [0.15, 0.2) is 24.3 Å². The monoisotopic (exact) mass is 235 g/mol. The summed E-state index contributed by atoms with van der Waals surface area (Å²) in [6, 6.07) is 9.15. The molecule has 2 unspecified atom stereocenters. The quantitative estimate of drug-likeness (QED) is 0.819. The van der Waals surface area contributed by atoms with Gasteiger partial charge in [0.25, 0.3) is 0 Å². The first kappa shape index (κ1) is 14.2. The maximum Gasteiger partial charge on any atom is 0.0664 e. The average molecular weight is 235 g/mol. The van der Waals surface area contributed by atoms with Crippen LogP contribution in [0.3, 0.4) is 0 Å². The van der Waals surface area contributed by atoms with Crippen LogP contribution < -0.4 is 0 Å². The van der Waals surface area contributed by atoms with Crippen molar-refractivity contribution in [3.8, 4) is 0 Å². The molecule has 0 heterocycles. The molecule has 0 bridgehead atoms. The molecule has 17 heavy (non-hydrogen) atoms. The number of likely N-dealkylation sites (N-methyl/N-ethyl adjacent to an activating group) is 1. The van der Waals surface area contributed by atoms with Gasteiger partial charge in [-0.15, -0.1) is 0 Å². The van der Waals surface area contributed by atoms with Crippen LogP contribution >= 0.6 is 0 Å². The van der Waals surface area contributed by atoms with Crippen molar-refractivity contribution in [2.45, 2.75) is 45.8 Å². The molecular formula is C15H25NO. The molecule has 0 fully saturated rings. The van der Waals surface area contributed by atoms with Gasteiger partial charge in [-0.2, -0.15) is 0 Å². The molecule has 96 valence electrons. The van der Waals surface area contributed by atoms with E-state index < -0.39 is 0 Å². The van der Waals surface area contributed by atoms with E-state index in [1.54, 1.807) is 0 Å². The predicted molar refractivity (Wildman–Crippen MR) is 73.3 cm³/mol. The van der Waals surface area contributed by atoms with Gasteiger partial charge in [-0.1, -0.05) is 36.8 Å². The molecule has 0 aromatic heterocycles. The van der Waals surface area contributed by atoms with E-state index in [4.69, 9.17) is 0 Å². The van der Waals surface area contributed by atoms with Crippen LogP contribution in [-0.2, 0) is 6.42 Å². The highest BCUT2D eigenvalue weighted by Gasteiger charge is 2.12. The summed E-state index contributed by atoms with van der Waals surface area (Å²) in [6.07, 6.45) is 1.65. The Morgan fingerprint density at radius 3 is 2.35 bits per heavy atom. The van der Waals surface area contributed by atoms with Crippen LogP contribution in [0.1, 0.15) is 31.4 Å². The van der Waals surface area contributed by atoms with E-state index >= 15 is 0 Å². The fourth-order valence-electron chi connectivity index (χ4n) is 1.86. The summed E-state index contributed by atoms with van der Waals surface area (Å²) in [4.78, 5) is 2.23. The highest BCUT2D eigenvalue weighted by molar-refractivity contribution is 5.21. The van der Waals surface area contributed by atoms with Crippen molar-refractivity contribution in [1.29, 1.82) is 0 Å². The molecule has 1 aromatic carbocycles. The minimum Gasteiger partial charge on any atom is -0.392 e. The maximum absolute atomic E-state index is 9.64. The lowest BCUT2D eigenvalue weighted by molar-refractivity contribution is 0.105. The summed E-state index contributed by atoms with van der Waals surface area (Å²) in [5, 5.41) is 9.64. The Morgan fingerprint density at radius 2 is 1.82 bits per heavy atom. The molecule has 0 spiro atoms. The number of aryl methyl sites for hydroxylation is 1. The van der Waals surface area contributed by atoms with E-state index in [9.17, 15) is 5.11 Å². The molecule has 1 N–H and O–H groups in total. The first-order valence-corrected chi connectivity index (χ1v) is 6.46. The van der Waals surface area contributed by atoms with Crippen LogP contribution in [-0.4, -0.2) is 35.7 Å². The Balaban J connectivity index is 2.47. The lowest BCUT2D eigenvalue weighted by atomic mass is 10.0. The van der Waals surface area contributed by atoms with E-state index in [1.165, 1.54) is 11.1 Å². The van der Waals surface area contributed by atoms with Gasteiger partial charge < -0.3 is 10.0 Å². The summed E-state index contributed by atoms with van der Waals surface area (Å²) in [5.41, 5.74) is 2.66. The molecule has 0 aliphatic rings. The van der Waals surface area contributed by atoms with Crippen LogP contribution in [0.4, 0.5) is 0 Å². The summed E-state index contributed by atoms with van der Waals surface area (Å²) in [6.45, 7) is 7.09. The second kappa shape index (κ2) is 6.77. The van der Waals surface area contributed by atoms with Crippen molar-refractivity contribution < 1.29 is 5.11 Å². The first-order chi connectivity index (χ1) is 8.02. The Labute approximate surface area is 105 Å². The SMILES string of the molecule is CCC(O)CN(C)C(C)Cc1ccc(C)cc1. The van der Waals surface area contributed by atoms with Gasteiger partial charge in [0.2, 0.25) is 0 Å². The number of aliphatic hydroxyl groups is 1. The van der Waals surface area contributed by atoms with Crippen molar-refractivity contribution in [3.63, 3.8) is 0 Å². The first-order valence-electron chi connectivity index (χ1n) is 6.46. The number of hydrogen-bond donors (Lipinski definition) is 1. The number of nitrogens with zero attached hydrogens (tertiary/aromatic N) is 1. The van der Waals surface area contributed by atoms with Gasteiger partial charge in [0.15, 0.2) is 0 Å². The van der Waals surface area contributed by atoms with Crippen LogP contribution in [0, 0.1) is 6.92 Å². The molecule has 2 nitrogen and oxygen atoms in total. The predicted octanol–water partition coefficient (Wildman–Crippen LogP) is 2.63. The lowest BCUT2D eigenvalue weighted by Gasteiger charge is -2.26. The third-order valence-electron chi connectivity index (χ3n) is 3.37. The Morgan fingerprint density at radius 1 is 1.24 bits per heavy atom. The highest BCUT2D eigenvalue weighted by Crippen LogP contribution is 2.10. The molecule has 0 aliphatic heterocycles. The summed E-state index contributed by atoms with van der Waals surface area (Å²) >= 11 is 0. The molecular weight excluding hydrogens is 210 g/mol. The smallest absolute Gasteiger partial charge is 0.0664 e. The van der Waals surface area contributed by atoms with E-state index in [0.29, 0.717) is 6.04 Å². The molecule has 0 amide bonds. The van der Waals surface area contributed by atoms with Crippen LogP contribution in [0.2, 0.25) is 0 Å². The second-order valence-corrected chi connectivity index (χ2v) is 5.04. The van der Waals surface area contributed by atoms with Gasteiger partial charge in [0.1, 0.15) is 0 Å². The maximum atomic E-state index is 9.64. The largest absolute Gasteiger partial charge is 0.392 e. The van der Waals surface area contributed by atoms with Gasteiger partial charge in [-0.3, -0.25) is 0 Å². The summed E-state index contributed by atoms with van der Waals surface area (Å²) in [7, 11) is 2.08. The number of benzene rings is 1. The second-order valence-electron chi connectivity index (χ2n) is 5.04. The van der Waals surface area contributed by atoms with E-state index in [2.05, 4.69) is 50.1 Å². The fraction of sp³-hybridized carbons (Fsp3) is 0.600. The average Bonchev–Trinajstić information content (AvgIpc) is 2.31. The third kappa shape index (κ3) is 4.88. The third-order valence-corrected chi connectivity index (χ3v) is 3.37. The van der Waals surface area contributed by atoms with Gasteiger partial charge >= 0.3 is 0 Å². The van der Waals surface area contributed by atoms with Crippen molar-refractivity contribution in [1.82, 2.24) is 4.90 Å². The molecule has 1 rings (SSSR count). The van der Waals surface area contributed by atoms with Crippen molar-refractivity contribution in [3.05, 3.63) is 35.4 Å². The number of hydrogen-bond acceptors (Lipinski definition) is 2.